The summed E-state index contributed by atoms with van der Waals surface area (Å²) in [5.74, 6) is 0.505. The van der Waals surface area contributed by atoms with E-state index < -0.39 is 0 Å². The van der Waals surface area contributed by atoms with Gasteiger partial charge in [-0.2, -0.15) is 0 Å². The maximum Gasteiger partial charge on any atom is 0.129 e. The van der Waals surface area contributed by atoms with E-state index in [9.17, 15) is 10.2 Å². The van der Waals surface area contributed by atoms with Crippen LogP contribution in [0.3, 0.4) is 0 Å². The topological polar surface area (TPSA) is 40.5 Å². The molecule has 0 amide bonds. The molecule has 0 unspecified atom stereocenters. The van der Waals surface area contributed by atoms with Gasteiger partial charge < -0.3 is 10.2 Å². The van der Waals surface area contributed by atoms with Gasteiger partial charge >= 0.3 is 0 Å². The molecule has 0 heterocycles. The number of aromatic hydroxyl groups is 2. The zero-order chi connectivity index (χ0) is 20.0. The SMILES string of the molecule is Oc1ccc(C2(c3ccc(O)c(Br)c3)/C=C\CCCCCCCCC2)cc1Br. The van der Waals surface area contributed by atoms with Crippen molar-refractivity contribution < 1.29 is 10.2 Å². The molecule has 0 fully saturated rings. The third kappa shape index (κ3) is 5.01. The van der Waals surface area contributed by atoms with Crippen LogP contribution in [0.1, 0.15) is 68.9 Å². The number of phenolic OH excluding ortho intramolecular Hbond substituents is 2. The smallest absolute Gasteiger partial charge is 0.129 e. The fraction of sp³-hybridized carbons (Fsp3) is 0.417. The molecule has 28 heavy (non-hydrogen) atoms. The summed E-state index contributed by atoms with van der Waals surface area (Å²) in [4.78, 5) is 0. The molecular weight excluding hydrogens is 480 g/mol. The molecule has 0 saturated carbocycles. The summed E-state index contributed by atoms with van der Waals surface area (Å²) in [5, 5.41) is 20.0. The maximum absolute atomic E-state index is 10.0. The Kier molecular flexibility index (Phi) is 7.64. The molecule has 0 aliphatic heterocycles. The molecule has 2 nitrogen and oxygen atoms in total. The highest BCUT2D eigenvalue weighted by Crippen LogP contribution is 2.43. The summed E-state index contributed by atoms with van der Waals surface area (Å²) < 4.78 is 1.42. The first-order valence-corrected chi connectivity index (χ1v) is 11.8. The molecule has 2 N–H and O–H groups in total. The van der Waals surface area contributed by atoms with Crippen LogP contribution in [0.2, 0.25) is 0 Å². The number of benzene rings is 2. The van der Waals surface area contributed by atoms with Crippen molar-refractivity contribution in [3.8, 4) is 11.5 Å². The minimum Gasteiger partial charge on any atom is -0.507 e. The summed E-state index contributed by atoms with van der Waals surface area (Å²) in [7, 11) is 0. The predicted octanol–water partition coefficient (Wildman–Crippen LogP) is 7.99. The summed E-state index contributed by atoms with van der Waals surface area (Å²) in [6.45, 7) is 0. The third-order valence-corrected chi connectivity index (χ3v) is 7.04. The van der Waals surface area contributed by atoms with Crippen molar-refractivity contribution in [1.29, 1.82) is 0 Å². The summed E-state index contributed by atoms with van der Waals surface area (Å²) in [5.41, 5.74) is 2.03. The molecule has 0 radical (unpaired) electrons. The van der Waals surface area contributed by atoms with Crippen LogP contribution in [0.5, 0.6) is 11.5 Å². The Labute approximate surface area is 184 Å². The van der Waals surface area contributed by atoms with Gasteiger partial charge in [0, 0.05) is 5.41 Å². The second kappa shape index (κ2) is 9.98. The van der Waals surface area contributed by atoms with Crippen LogP contribution in [0.25, 0.3) is 0 Å². The Morgan fingerprint density at radius 1 is 0.679 bits per heavy atom. The summed E-state index contributed by atoms with van der Waals surface area (Å²) in [6.07, 6.45) is 15.6. The number of halogens is 2. The van der Waals surface area contributed by atoms with Crippen molar-refractivity contribution in [2.45, 2.75) is 63.2 Å². The van der Waals surface area contributed by atoms with Gasteiger partial charge in [-0.05, 0) is 86.5 Å². The van der Waals surface area contributed by atoms with Gasteiger partial charge in [0.05, 0.1) is 8.95 Å². The average Bonchev–Trinajstić information content (AvgIpc) is 2.67. The Morgan fingerprint density at radius 2 is 1.18 bits per heavy atom. The van der Waals surface area contributed by atoms with Gasteiger partial charge in [0.1, 0.15) is 11.5 Å². The second-order valence-electron chi connectivity index (χ2n) is 7.72. The first-order chi connectivity index (χ1) is 13.5. The Hall–Kier alpha value is -1.26. The molecule has 0 saturated heterocycles. The monoisotopic (exact) mass is 506 g/mol. The molecule has 1 aliphatic carbocycles. The molecule has 0 atom stereocenters. The van der Waals surface area contributed by atoms with Gasteiger partial charge in [0.15, 0.2) is 0 Å². The molecule has 4 heteroatoms. The quantitative estimate of drug-likeness (QED) is 0.404. The standard InChI is InChI=1S/C24H28Br2O2/c25-20-16-18(10-12-22(20)27)24(19-11-13-23(28)21(26)17-19)14-8-6-4-2-1-3-5-7-9-15-24/h8,10-14,16-17,27-28H,1-7,9,15H2/b14-8-. The Balaban J connectivity index is 2.12. The van der Waals surface area contributed by atoms with Crippen molar-refractivity contribution >= 4 is 31.9 Å². The number of phenols is 2. The van der Waals surface area contributed by atoms with E-state index >= 15 is 0 Å². The second-order valence-corrected chi connectivity index (χ2v) is 9.43. The molecule has 1 aliphatic rings. The molecular formula is C24H28Br2O2. The van der Waals surface area contributed by atoms with E-state index in [2.05, 4.69) is 44.0 Å². The van der Waals surface area contributed by atoms with E-state index in [1.165, 1.54) is 38.5 Å². The zero-order valence-corrected chi connectivity index (χ0v) is 19.3. The van der Waals surface area contributed by atoms with Gasteiger partial charge in [-0.15, -0.1) is 0 Å². The molecule has 2 aromatic rings. The molecule has 0 spiro atoms. The molecule has 0 aromatic heterocycles. The van der Waals surface area contributed by atoms with Crippen molar-refractivity contribution in [3.63, 3.8) is 0 Å². The van der Waals surface area contributed by atoms with E-state index in [0.29, 0.717) is 8.95 Å². The van der Waals surface area contributed by atoms with E-state index in [4.69, 9.17) is 0 Å². The maximum atomic E-state index is 10.0. The minimum atomic E-state index is -0.286. The van der Waals surface area contributed by atoms with Crippen molar-refractivity contribution in [1.82, 2.24) is 0 Å². The molecule has 150 valence electrons. The lowest BCUT2D eigenvalue weighted by molar-refractivity contribution is 0.467. The van der Waals surface area contributed by atoms with Crippen molar-refractivity contribution in [2.24, 2.45) is 0 Å². The van der Waals surface area contributed by atoms with Gasteiger partial charge in [0.25, 0.3) is 0 Å². The summed E-state index contributed by atoms with van der Waals surface area (Å²) in [6, 6.07) is 11.6. The largest absolute Gasteiger partial charge is 0.507 e. The van der Waals surface area contributed by atoms with E-state index in [-0.39, 0.29) is 16.9 Å². The van der Waals surface area contributed by atoms with Crippen LogP contribution >= 0.6 is 31.9 Å². The molecule has 3 rings (SSSR count). The fourth-order valence-electron chi connectivity index (χ4n) is 4.13. The van der Waals surface area contributed by atoms with Crippen LogP contribution in [0.15, 0.2) is 57.5 Å². The highest BCUT2D eigenvalue weighted by molar-refractivity contribution is 9.10. The summed E-state index contributed by atoms with van der Waals surface area (Å²) >= 11 is 7.00. The van der Waals surface area contributed by atoms with E-state index in [1.807, 2.05) is 24.3 Å². The number of allylic oxidation sites excluding steroid dienone is 2. The number of hydrogen-bond acceptors (Lipinski definition) is 2. The Bertz CT molecular complexity index is 778. The van der Waals surface area contributed by atoms with Crippen LogP contribution in [-0.4, -0.2) is 10.2 Å². The number of rotatable bonds is 2. The van der Waals surface area contributed by atoms with Crippen LogP contribution in [0.4, 0.5) is 0 Å². The number of hydrogen-bond donors (Lipinski definition) is 2. The van der Waals surface area contributed by atoms with Gasteiger partial charge in [-0.3, -0.25) is 0 Å². The van der Waals surface area contributed by atoms with E-state index in [0.717, 1.165) is 30.4 Å². The molecule has 0 bridgehead atoms. The normalized spacial score (nSPS) is 19.4. The van der Waals surface area contributed by atoms with Gasteiger partial charge in [-0.25, -0.2) is 0 Å². The van der Waals surface area contributed by atoms with Gasteiger partial charge in [-0.1, -0.05) is 62.8 Å². The third-order valence-electron chi connectivity index (χ3n) is 5.77. The lowest BCUT2D eigenvalue weighted by Gasteiger charge is -2.33. The molecule has 2 aromatic carbocycles. The lowest BCUT2D eigenvalue weighted by atomic mass is 9.70. The van der Waals surface area contributed by atoms with Crippen molar-refractivity contribution in [3.05, 3.63) is 68.6 Å². The van der Waals surface area contributed by atoms with Crippen molar-refractivity contribution in [2.75, 3.05) is 0 Å². The Morgan fingerprint density at radius 3 is 1.71 bits per heavy atom. The highest BCUT2D eigenvalue weighted by Gasteiger charge is 2.32. The van der Waals surface area contributed by atoms with Crippen LogP contribution in [-0.2, 0) is 5.41 Å². The minimum absolute atomic E-state index is 0.253. The highest BCUT2D eigenvalue weighted by atomic mass is 79.9. The first kappa shape index (κ1) is 21.4. The van der Waals surface area contributed by atoms with Crippen LogP contribution in [0, 0.1) is 0 Å². The first-order valence-electron chi connectivity index (χ1n) is 10.2. The fourth-order valence-corrected chi connectivity index (χ4v) is 4.89. The zero-order valence-electron chi connectivity index (χ0n) is 16.1. The lowest BCUT2D eigenvalue weighted by Crippen LogP contribution is -2.25. The van der Waals surface area contributed by atoms with Gasteiger partial charge in [0.2, 0.25) is 0 Å². The van der Waals surface area contributed by atoms with E-state index in [1.54, 1.807) is 12.1 Å². The average molecular weight is 508 g/mol. The predicted molar refractivity (Wildman–Crippen MR) is 123 cm³/mol. The van der Waals surface area contributed by atoms with Crippen LogP contribution < -0.4 is 0 Å².